The second-order valence-electron chi connectivity index (χ2n) is 2.36. The molecule has 0 aliphatic rings. The van der Waals surface area contributed by atoms with Gasteiger partial charge in [0.25, 0.3) is 0 Å². The van der Waals surface area contributed by atoms with Gasteiger partial charge in [0.1, 0.15) is 9.69 Å². The zero-order chi connectivity index (χ0) is 8.32. The zero-order valence-electron chi connectivity index (χ0n) is 7.19. The van der Waals surface area contributed by atoms with Gasteiger partial charge in [-0.1, -0.05) is 35.8 Å². The van der Waals surface area contributed by atoms with Crippen molar-refractivity contribution < 1.29 is 19.4 Å². The average Bonchev–Trinajstić information content (AvgIpc) is 1.85. The maximum Gasteiger partial charge on any atom is 0.316 e. The molecule has 0 amide bonds. The highest BCUT2D eigenvalue weighted by atomic mass is 32.2. The van der Waals surface area contributed by atoms with Crippen LogP contribution in [0.1, 0.15) is 0 Å². The zero-order valence-corrected chi connectivity index (χ0v) is 8.01. The van der Waals surface area contributed by atoms with E-state index >= 15 is 0 Å². The maximum atomic E-state index is 10.7. The summed E-state index contributed by atoms with van der Waals surface area (Å²) >= 11 is 0. The van der Waals surface area contributed by atoms with Crippen molar-refractivity contribution in [3.63, 3.8) is 0 Å². The molecule has 1 radical (unpaired) electrons. The number of rotatable bonds is 2. The highest BCUT2D eigenvalue weighted by Crippen LogP contribution is 1.84. The van der Waals surface area contributed by atoms with Gasteiger partial charge in [-0.2, -0.15) is 0 Å². The first-order valence-corrected chi connectivity index (χ1v) is 5.13. The molecular formula is C7H12BO4S. The molecule has 1 rings (SSSR count). The largest absolute Gasteiger partial charge is 0.412 e. The quantitative estimate of drug-likeness (QED) is 0.536. The standard InChI is InChI=1S/C7H8BO2S.2H2O/c1-11(9,10)8-7-5-3-2-4-6-7;;/h2-6H,1H3;2*1H2. The summed E-state index contributed by atoms with van der Waals surface area (Å²) in [6.07, 6.45) is 1.18. The van der Waals surface area contributed by atoms with Gasteiger partial charge in [-0.05, 0) is 0 Å². The Kier molecular flexibility index (Phi) is 6.48. The van der Waals surface area contributed by atoms with Crippen molar-refractivity contribution in [1.29, 1.82) is 0 Å². The predicted octanol–water partition coefficient (Wildman–Crippen LogP) is -1.67. The van der Waals surface area contributed by atoms with Gasteiger partial charge in [0.2, 0.25) is 0 Å². The van der Waals surface area contributed by atoms with Crippen LogP contribution in [-0.2, 0) is 9.69 Å². The van der Waals surface area contributed by atoms with E-state index in [-0.39, 0.29) is 11.0 Å². The van der Waals surface area contributed by atoms with E-state index < -0.39 is 9.69 Å². The molecule has 0 saturated carbocycles. The highest BCUT2D eigenvalue weighted by molar-refractivity contribution is 8.15. The predicted molar refractivity (Wildman–Crippen MR) is 53.9 cm³/mol. The van der Waals surface area contributed by atoms with Crippen LogP contribution >= 0.6 is 0 Å². The Balaban J connectivity index is 0. The van der Waals surface area contributed by atoms with Gasteiger partial charge in [-0.3, -0.25) is 0 Å². The third-order valence-corrected chi connectivity index (χ3v) is 1.85. The van der Waals surface area contributed by atoms with E-state index in [1.165, 1.54) is 12.8 Å². The lowest BCUT2D eigenvalue weighted by Crippen LogP contribution is -2.22. The lowest BCUT2D eigenvalue weighted by molar-refractivity contribution is 0.614. The molecule has 0 fully saturated rings. The number of hydrogen-bond acceptors (Lipinski definition) is 2. The molecule has 13 heavy (non-hydrogen) atoms. The summed E-state index contributed by atoms with van der Waals surface area (Å²) < 4.78 is 21.5. The smallest absolute Gasteiger partial charge is 0.316 e. The van der Waals surface area contributed by atoms with Crippen LogP contribution in [0.25, 0.3) is 0 Å². The van der Waals surface area contributed by atoms with Crippen LogP contribution in [0, 0.1) is 0 Å². The Labute approximate surface area is 78.3 Å². The van der Waals surface area contributed by atoms with Gasteiger partial charge in [0.05, 0.1) is 0 Å². The third-order valence-electron chi connectivity index (χ3n) is 1.15. The van der Waals surface area contributed by atoms with E-state index in [1.807, 2.05) is 6.07 Å². The Morgan fingerprint density at radius 2 is 1.54 bits per heavy atom. The van der Waals surface area contributed by atoms with Gasteiger partial charge in [0, 0.05) is 6.26 Å². The van der Waals surface area contributed by atoms with Crippen molar-refractivity contribution in [2.75, 3.05) is 6.26 Å². The molecule has 0 atom stereocenters. The van der Waals surface area contributed by atoms with Crippen molar-refractivity contribution >= 4 is 21.7 Å². The first-order chi connectivity index (χ1) is 5.08. The first kappa shape index (κ1) is 14.7. The van der Waals surface area contributed by atoms with E-state index in [2.05, 4.69) is 0 Å². The normalized spacial score (nSPS) is 9.31. The summed E-state index contributed by atoms with van der Waals surface area (Å²) in [7, 11) is -3.00. The molecule has 6 heteroatoms. The maximum absolute atomic E-state index is 10.7. The topological polar surface area (TPSA) is 97.1 Å². The van der Waals surface area contributed by atoms with Crippen molar-refractivity contribution in [3.8, 4) is 0 Å². The minimum absolute atomic E-state index is 0. The van der Waals surface area contributed by atoms with Crippen LogP contribution in [0.3, 0.4) is 0 Å². The fraction of sp³-hybridized carbons (Fsp3) is 0.143. The van der Waals surface area contributed by atoms with Crippen molar-refractivity contribution in [3.05, 3.63) is 30.3 Å². The van der Waals surface area contributed by atoms with E-state index in [9.17, 15) is 8.42 Å². The summed E-state index contributed by atoms with van der Waals surface area (Å²) in [6, 6.07) is 8.95. The van der Waals surface area contributed by atoms with Crippen molar-refractivity contribution in [2.24, 2.45) is 0 Å². The summed E-state index contributed by atoms with van der Waals surface area (Å²) in [5, 5.41) is 0. The second-order valence-corrected chi connectivity index (χ2v) is 4.25. The SMILES string of the molecule is CS(=O)(=O)[B]c1ccccc1.O.O. The Hall–Kier alpha value is -0.845. The van der Waals surface area contributed by atoms with Gasteiger partial charge in [-0.15, -0.1) is 0 Å². The van der Waals surface area contributed by atoms with Crippen LogP contribution in [0.15, 0.2) is 30.3 Å². The second kappa shape index (κ2) is 5.74. The van der Waals surface area contributed by atoms with E-state index in [0.717, 1.165) is 5.46 Å². The Morgan fingerprint density at radius 1 is 1.08 bits per heavy atom. The molecule has 73 valence electrons. The summed E-state index contributed by atoms with van der Waals surface area (Å²) in [5.41, 5.74) is 0.718. The fourth-order valence-electron chi connectivity index (χ4n) is 0.779. The molecule has 0 unspecified atom stereocenters. The summed E-state index contributed by atoms with van der Waals surface area (Å²) in [6.45, 7) is 1.24. The van der Waals surface area contributed by atoms with Crippen LogP contribution in [0.5, 0.6) is 0 Å². The molecule has 0 aliphatic heterocycles. The van der Waals surface area contributed by atoms with E-state index in [0.29, 0.717) is 0 Å². The van der Waals surface area contributed by atoms with Gasteiger partial charge < -0.3 is 11.0 Å². The molecule has 0 spiro atoms. The molecular weight excluding hydrogens is 191 g/mol. The molecule has 4 N–H and O–H groups in total. The van der Waals surface area contributed by atoms with Gasteiger partial charge in [-0.25, -0.2) is 8.42 Å². The first-order valence-electron chi connectivity index (χ1n) is 3.18. The number of benzene rings is 1. The molecule has 0 aliphatic carbocycles. The Morgan fingerprint density at radius 3 is 1.92 bits per heavy atom. The molecule has 0 heterocycles. The molecule has 0 aromatic heterocycles. The average molecular weight is 203 g/mol. The lowest BCUT2D eigenvalue weighted by atomic mass is 9.95. The van der Waals surface area contributed by atoms with Crippen LogP contribution in [0.4, 0.5) is 0 Å². The molecule has 1 aromatic carbocycles. The Bertz CT molecular complexity index is 322. The molecule has 4 nitrogen and oxygen atoms in total. The lowest BCUT2D eigenvalue weighted by Gasteiger charge is -1.94. The van der Waals surface area contributed by atoms with E-state index in [1.54, 1.807) is 24.3 Å². The third kappa shape index (κ3) is 6.33. The molecule has 0 saturated heterocycles. The van der Waals surface area contributed by atoms with Gasteiger partial charge in [0.15, 0.2) is 0 Å². The van der Waals surface area contributed by atoms with E-state index in [4.69, 9.17) is 0 Å². The minimum atomic E-state index is -3.00. The minimum Gasteiger partial charge on any atom is -0.412 e. The molecule has 0 bridgehead atoms. The van der Waals surface area contributed by atoms with Crippen molar-refractivity contribution in [1.82, 2.24) is 0 Å². The molecule has 1 aromatic rings. The summed E-state index contributed by atoms with van der Waals surface area (Å²) in [4.78, 5) is 0. The van der Waals surface area contributed by atoms with Gasteiger partial charge >= 0.3 is 6.56 Å². The van der Waals surface area contributed by atoms with Crippen molar-refractivity contribution in [2.45, 2.75) is 0 Å². The summed E-state index contributed by atoms with van der Waals surface area (Å²) in [5.74, 6) is 0. The van der Waals surface area contributed by atoms with Crippen LogP contribution < -0.4 is 5.46 Å². The number of hydrogen-bond donors (Lipinski definition) is 0. The highest BCUT2D eigenvalue weighted by Gasteiger charge is 2.06. The monoisotopic (exact) mass is 203 g/mol. The van der Waals surface area contributed by atoms with Crippen LogP contribution in [0.2, 0.25) is 0 Å². The van der Waals surface area contributed by atoms with Crippen LogP contribution in [-0.4, -0.2) is 32.2 Å². The fourth-order valence-corrected chi connectivity index (χ4v) is 1.43.